The first kappa shape index (κ1) is 13.5. The molecule has 3 heteroatoms. The predicted molar refractivity (Wildman–Crippen MR) is 83.1 cm³/mol. The van der Waals surface area contributed by atoms with Gasteiger partial charge in [-0.15, -0.1) is 0 Å². The van der Waals surface area contributed by atoms with E-state index < -0.39 is 10.8 Å². The maximum absolute atomic E-state index is 12.2. The quantitative estimate of drug-likeness (QED) is 0.861. The minimum Gasteiger partial charge on any atom is -0.298 e. The van der Waals surface area contributed by atoms with Gasteiger partial charge in [-0.2, -0.15) is 0 Å². The molecule has 0 aliphatic carbocycles. The molecule has 1 heterocycles. The van der Waals surface area contributed by atoms with Gasteiger partial charge in [0.2, 0.25) is 0 Å². The normalized spacial score (nSPS) is 16.6. The number of hydrogen-bond acceptors (Lipinski definition) is 2. The Bertz CT molecular complexity index is 597. The summed E-state index contributed by atoms with van der Waals surface area (Å²) in [5.74, 6) is 0.714. The summed E-state index contributed by atoms with van der Waals surface area (Å²) in [4.78, 5) is 3.34. The molecule has 1 unspecified atom stereocenters. The molecule has 2 nitrogen and oxygen atoms in total. The molecule has 2 aromatic carbocycles. The average Bonchev–Trinajstić information content (AvgIpc) is 2.53. The van der Waals surface area contributed by atoms with Crippen molar-refractivity contribution in [1.29, 1.82) is 0 Å². The molecule has 20 heavy (non-hydrogen) atoms. The lowest BCUT2D eigenvalue weighted by molar-refractivity contribution is 0.270. The Balaban J connectivity index is 1.57. The van der Waals surface area contributed by atoms with Crippen molar-refractivity contribution >= 4 is 10.8 Å². The molecular formula is C17H19NOS. The number of rotatable bonds is 4. The highest BCUT2D eigenvalue weighted by Crippen LogP contribution is 2.18. The minimum atomic E-state index is -0.885. The highest BCUT2D eigenvalue weighted by molar-refractivity contribution is 7.85. The van der Waals surface area contributed by atoms with E-state index in [0.717, 1.165) is 31.0 Å². The summed E-state index contributed by atoms with van der Waals surface area (Å²) in [7, 11) is -0.885. The zero-order valence-electron chi connectivity index (χ0n) is 11.5. The zero-order valence-corrected chi connectivity index (χ0v) is 12.3. The third-order valence-electron chi connectivity index (χ3n) is 3.81. The standard InChI is InChI=1S/C17H19NOS/c19-20(17-8-2-1-3-9-17)13-12-18-11-10-15-6-4-5-7-16(15)14-18/h1-9H,10-14H2. The van der Waals surface area contributed by atoms with Crippen molar-refractivity contribution in [3.05, 3.63) is 65.7 Å². The van der Waals surface area contributed by atoms with Crippen molar-refractivity contribution in [3.8, 4) is 0 Å². The first-order valence-electron chi connectivity index (χ1n) is 7.05. The Morgan fingerprint density at radius 2 is 1.65 bits per heavy atom. The number of fused-ring (bicyclic) bond motifs is 1. The lowest BCUT2D eigenvalue weighted by Crippen LogP contribution is -2.33. The molecule has 0 aromatic heterocycles. The van der Waals surface area contributed by atoms with Gasteiger partial charge in [-0.3, -0.25) is 9.11 Å². The molecule has 2 aromatic rings. The van der Waals surface area contributed by atoms with Crippen LogP contribution in [0.5, 0.6) is 0 Å². The summed E-state index contributed by atoms with van der Waals surface area (Å²) in [6, 6.07) is 18.4. The molecule has 0 bridgehead atoms. The van der Waals surface area contributed by atoms with Crippen molar-refractivity contribution in [2.75, 3.05) is 18.8 Å². The fraction of sp³-hybridized carbons (Fsp3) is 0.294. The molecule has 0 saturated carbocycles. The molecule has 0 amide bonds. The average molecular weight is 285 g/mol. The van der Waals surface area contributed by atoms with Gasteiger partial charge in [0, 0.05) is 30.3 Å². The Kier molecular flexibility index (Phi) is 4.28. The zero-order chi connectivity index (χ0) is 13.8. The number of benzene rings is 2. The van der Waals surface area contributed by atoms with E-state index >= 15 is 0 Å². The third-order valence-corrected chi connectivity index (χ3v) is 5.16. The molecule has 0 spiro atoms. The maximum Gasteiger partial charge on any atom is 0.0542 e. The van der Waals surface area contributed by atoms with Gasteiger partial charge >= 0.3 is 0 Å². The van der Waals surface area contributed by atoms with Crippen molar-refractivity contribution < 1.29 is 4.21 Å². The summed E-state index contributed by atoms with van der Waals surface area (Å²) in [6.45, 7) is 2.96. The monoisotopic (exact) mass is 285 g/mol. The molecule has 1 aliphatic heterocycles. The number of hydrogen-bond donors (Lipinski definition) is 0. The van der Waals surface area contributed by atoms with Crippen LogP contribution >= 0.6 is 0 Å². The third kappa shape index (κ3) is 3.17. The molecule has 0 N–H and O–H groups in total. The fourth-order valence-electron chi connectivity index (χ4n) is 2.65. The minimum absolute atomic E-state index is 0.714. The largest absolute Gasteiger partial charge is 0.298 e. The second-order valence-corrected chi connectivity index (χ2v) is 6.73. The summed E-state index contributed by atoms with van der Waals surface area (Å²) >= 11 is 0. The van der Waals surface area contributed by atoms with Crippen LogP contribution in [0.4, 0.5) is 0 Å². The van der Waals surface area contributed by atoms with Gasteiger partial charge in [-0.1, -0.05) is 42.5 Å². The van der Waals surface area contributed by atoms with Crippen LogP contribution in [-0.4, -0.2) is 28.0 Å². The second-order valence-electron chi connectivity index (χ2n) is 5.16. The van der Waals surface area contributed by atoms with Crippen molar-refractivity contribution in [2.45, 2.75) is 17.9 Å². The van der Waals surface area contributed by atoms with Crippen molar-refractivity contribution in [3.63, 3.8) is 0 Å². The van der Waals surface area contributed by atoms with Gasteiger partial charge in [0.25, 0.3) is 0 Å². The molecular weight excluding hydrogens is 266 g/mol. The Hall–Kier alpha value is -1.45. The van der Waals surface area contributed by atoms with E-state index in [1.54, 1.807) is 0 Å². The highest BCUT2D eigenvalue weighted by atomic mass is 32.2. The van der Waals surface area contributed by atoms with Crippen LogP contribution in [0, 0.1) is 0 Å². The molecule has 0 fully saturated rings. The summed E-state index contributed by atoms with van der Waals surface area (Å²) in [5.41, 5.74) is 2.89. The van der Waals surface area contributed by atoms with E-state index in [1.165, 1.54) is 11.1 Å². The van der Waals surface area contributed by atoms with Gasteiger partial charge in [0.15, 0.2) is 0 Å². The highest BCUT2D eigenvalue weighted by Gasteiger charge is 2.16. The van der Waals surface area contributed by atoms with Crippen LogP contribution in [0.3, 0.4) is 0 Å². The van der Waals surface area contributed by atoms with Gasteiger partial charge in [0.1, 0.15) is 0 Å². The lowest BCUT2D eigenvalue weighted by Gasteiger charge is -2.28. The maximum atomic E-state index is 12.2. The molecule has 1 atom stereocenters. The predicted octanol–water partition coefficient (Wildman–Crippen LogP) is 2.85. The van der Waals surface area contributed by atoms with E-state index in [4.69, 9.17) is 0 Å². The van der Waals surface area contributed by atoms with E-state index in [-0.39, 0.29) is 0 Å². The first-order valence-corrected chi connectivity index (χ1v) is 8.37. The lowest BCUT2D eigenvalue weighted by atomic mass is 10.0. The topological polar surface area (TPSA) is 20.3 Å². The van der Waals surface area contributed by atoms with Crippen LogP contribution in [-0.2, 0) is 23.8 Å². The molecule has 3 rings (SSSR count). The van der Waals surface area contributed by atoms with Gasteiger partial charge in [-0.25, -0.2) is 0 Å². The fourth-order valence-corrected chi connectivity index (χ4v) is 3.77. The van der Waals surface area contributed by atoms with Crippen LogP contribution in [0.1, 0.15) is 11.1 Å². The smallest absolute Gasteiger partial charge is 0.0542 e. The van der Waals surface area contributed by atoms with E-state index in [2.05, 4.69) is 29.2 Å². The van der Waals surface area contributed by atoms with Crippen LogP contribution < -0.4 is 0 Å². The second kappa shape index (κ2) is 6.33. The van der Waals surface area contributed by atoms with Gasteiger partial charge in [-0.05, 0) is 29.7 Å². The van der Waals surface area contributed by atoms with Crippen molar-refractivity contribution in [1.82, 2.24) is 4.90 Å². The Morgan fingerprint density at radius 1 is 0.950 bits per heavy atom. The summed E-state index contributed by atoms with van der Waals surface area (Å²) in [5, 5.41) is 0. The SMILES string of the molecule is O=S(CCN1CCc2ccccc2C1)c1ccccc1. The van der Waals surface area contributed by atoms with Crippen LogP contribution in [0.15, 0.2) is 59.5 Å². The number of nitrogens with zero attached hydrogens (tertiary/aromatic N) is 1. The van der Waals surface area contributed by atoms with E-state index in [1.807, 2.05) is 30.3 Å². The van der Waals surface area contributed by atoms with Crippen LogP contribution in [0.2, 0.25) is 0 Å². The van der Waals surface area contributed by atoms with Crippen molar-refractivity contribution in [2.24, 2.45) is 0 Å². The molecule has 0 radical (unpaired) electrons. The Labute approximate surface area is 122 Å². The van der Waals surface area contributed by atoms with E-state index in [0.29, 0.717) is 5.75 Å². The summed E-state index contributed by atoms with van der Waals surface area (Å²) < 4.78 is 12.2. The van der Waals surface area contributed by atoms with E-state index in [9.17, 15) is 4.21 Å². The van der Waals surface area contributed by atoms with Gasteiger partial charge in [0.05, 0.1) is 10.8 Å². The molecule has 1 aliphatic rings. The summed E-state index contributed by atoms with van der Waals surface area (Å²) in [6.07, 6.45) is 1.11. The first-order chi connectivity index (χ1) is 9.83. The van der Waals surface area contributed by atoms with Crippen LogP contribution in [0.25, 0.3) is 0 Å². The Morgan fingerprint density at radius 3 is 2.45 bits per heavy atom. The van der Waals surface area contributed by atoms with Gasteiger partial charge < -0.3 is 0 Å². The molecule has 0 saturated heterocycles. The molecule has 104 valence electrons.